The second-order valence-corrected chi connectivity index (χ2v) is 20.5. The van der Waals surface area contributed by atoms with Crippen LogP contribution >= 0.6 is 11.3 Å². The van der Waals surface area contributed by atoms with Gasteiger partial charge in [-0.2, -0.15) is 13.2 Å². The molecular formula is C55H69F3N8O11S. The van der Waals surface area contributed by atoms with Crippen LogP contribution in [0, 0.1) is 19.3 Å². The van der Waals surface area contributed by atoms with E-state index in [0.717, 1.165) is 39.5 Å². The molecule has 5 N–H and O–H groups in total. The Morgan fingerprint density at radius 1 is 0.872 bits per heavy atom. The molecule has 78 heavy (non-hydrogen) atoms. The van der Waals surface area contributed by atoms with Crippen LogP contribution in [0.4, 0.5) is 24.5 Å². The molecule has 23 heteroatoms. The Morgan fingerprint density at radius 3 is 2.18 bits per heavy atom. The van der Waals surface area contributed by atoms with Crippen LogP contribution in [0.15, 0.2) is 78.6 Å². The van der Waals surface area contributed by atoms with Crippen LogP contribution in [0.5, 0.6) is 5.88 Å². The number of β-amino-alcohol motifs (C(OH)–C–C–N with tert-alkyl or cyclic N) is 1. The Balaban J connectivity index is 0.00000320. The van der Waals surface area contributed by atoms with Gasteiger partial charge in [0.1, 0.15) is 18.3 Å². The minimum Gasteiger partial charge on any atom is -0.483 e. The number of carboxylic acid groups (broad SMARTS) is 1. The second-order valence-electron chi connectivity index (χ2n) is 19.6. The van der Waals surface area contributed by atoms with Gasteiger partial charge in [0, 0.05) is 61.2 Å². The SMILES string of the molecule is Cc1ncc(NC(=O)c2cccc(C(F)(F)F)c2)cc1-c1cnc(OCCOCCOCCOCCN[C@@H](C(=O)N2C[C@H](O)C[C@H]2C(=O)N[C@@H](C)c2ccc(-c3scnc3C)cc2)C(C)(C)C)c(N2CCOCC2)c1.O=CO. The lowest BCUT2D eigenvalue weighted by atomic mass is 9.85. The predicted molar refractivity (Wildman–Crippen MR) is 287 cm³/mol. The van der Waals surface area contributed by atoms with Gasteiger partial charge in [-0.1, -0.05) is 51.1 Å². The summed E-state index contributed by atoms with van der Waals surface area (Å²) < 4.78 is 68.8. The molecule has 5 heterocycles. The van der Waals surface area contributed by atoms with E-state index in [1.807, 2.05) is 77.4 Å². The molecule has 2 aromatic carbocycles. The Labute approximate surface area is 455 Å². The first-order chi connectivity index (χ1) is 37.3. The molecule has 19 nitrogen and oxygen atoms in total. The molecule has 3 aromatic heterocycles. The number of anilines is 2. The van der Waals surface area contributed by atoms with Gasteiger partial charge in [-0.3, -0.25) is 24.2 Å². The molecular weight excluding hydrogens is 1040 g/mol. The van der Waals surface area contributed by atoms with Crippen molar-refractivity contribution in [2.24, 2.45) is 5.41 Å². The van der Waals surface area contributed by atoms with Gasteiger partial charge in [-0.15, -0.1) is 11.3 Å². The lowest BCUT2D eigenvalue weighted by Crippen LogP contribution is -2.57. The summed E-state index contributed by atoms with van der Waals surface area (Å²) in [5, 5.41) is 26.6. The number of aromatic nitrogens is 3. The van der Waals surface area contributed by atoms with Crippen LogP contribution in [0.3, 0.4) is 0 Å². The van der Waals surface area contributed by atoms with Crippen molar-refractivity contribution in [2.75, 3.05) is 95.9 Å². The molecule has 4 atom stereocenters. The summed E-state index contributed by atoms with van der Waals surface area (Å²) in [7, 11) is 0. The van der Waals surface area contributed by atoms with Crippen molar-refractivity contribution in [3.05, 3.63) is 107 Å². The molecule has 2 aliphatic heterocycles. The number of benzene rings is 2. The van der Waals surface area contributed by atoms with E-state index in [9.17, 15) is 32.7 Å². The molecule has 2 saturated heterocycles. The Bertz CT molecular complexity index is 2760. The number of morpholine rings is 1. The molecule has 7 rings (SSSR count). The van der Waals surface area contributed by atoms with Crippen molar-refractivity contribution in [2.45, 2.75) is 78.4 Å². The van der Waals surface area contributed by atoms with Crippen LogP contribution in [-0.4, -0.2) is 158 Å². The number of rotatable bonds is 23. The maximum atomic E-state index is 14.1. The van der Waals surface area contributed by atoms with Gasteiger partial charge >= 0.3 is 6.18 Å². The quantitative estimate of drug-likeness (QED) is 0.0328. The second kappa shape index (κ2) is 28.9. The number of nitrogens with one attached hydrogen (secondary N) is 3. The highest BCUT2D eigenvalue weighted by Crippen LogP contribution is 2.35. The number of nitrogens with zero attached hydrogens (tertiary/aromatic N) is 5. The van der Waals surface area contributed by atoms with Gasteiger partial charge in [0.15, 0.2) is 0 Å². The molecule has 2 aliphatic rings. The van der Waals surface area contributed by atoms with Gasteiger partial charge < -0.3 is 59.6 Å². The van der Waals surface area contributed by atoms with E-state index >= 15 is 0 Å². The van der Waals surface area contributed by atoms with Crippen molar-refractivity contribution in [3.8, 4) is 27.4 Å². The molecule has 0 spiro atoms. The molecule has 3 amide bonds. The number of likely N-dealkylation sites (tertiary alicyclic amines) is 1. The fourth-order valence-electron chi connectivity index (χ4n) is 8.81. The normalized spacial score (nSPS) is 16.4. The van der Waals surface area contributed by atoms with E-state index in [1.165, 1.54) is 23.2 Å². The minimum atomic E-state index is -4.59. The van der Waals surface area contributed by atoms with Crippen LogP contribution in [-0.2, 0) is 39.5 Å². The summed E-state index contributed by atoms with van der Waals surface area (Å²) >= 11 is 1.58. The lowest BCUT2D eigenvalue weighted by Gasteiger charge is -2.35. The Kier molecular flexibility index (Phi) is 22.4. The van der Waals surface area contributed by atoms with Gasteiger partial charge in [0.25, 0.3) is 12.4 Å². The van der Waals surface area contributed by atoms with Crippen molar-refractivity contribution >= 4 is 46.9 Å². The van der Waals surface area contributed by atoms with E-state index in [-0.39, 0.29) is 56.1 Å². The number of thiazole rings is 1. The number of hydrogen-bond donors (Lipinski definition) is 5. The molecule has 0 bridgehead atoms. The first-order valence-electron chi connectivity index (χ1n) is 25.5. The third-order valence-electron chi connectivity index (χ3n) is 12.9. The highest BCUT2D eigenvalue weighted by molar-refractivity contribution is 7.13. The summed E-state index contributed by atoms with van der Waals surface area (Å²) in [4.78, 5) is 67.2. The van der Waals surface area contributed by atoms with Gasteiger partial charge in [-0.25, -0.2) is 9.97 Å². The average molecular weight is 1110 g/mol. The van der Waals surface area contributed by atoms with Gasteiger partial charge in [0.05, 0.1) is 105 Å². The summed E-state index contributed by atoms with van der Waals surface area (Å²) in [5.41, 5.74) is 6.27. The summed E-state index contributed by atoms with van der Waals surface area (Å²) in [5.74, 6) is -0.866. The number of alkyl halides is 3. The van der Waals surface area contributed by atoms with Crippen molar-refractivity contribution < 1.29 is 66.2 Å². The third kappa shape index (κ3) is 17.2. The number of aliphatic hydroxyl groups excluding tert-OH is 1. The molecule has 5 aromatic rings. The molecule has 0 aliphatic carbocycles. The number of ether oxygens (including phenoxy) is 5. The smallest absolute Gasteiger partial charge is 0.416 e. The van der Waals surface area contributed by atoms with Crippen LogP contribution in [0.25, 0.3) is 21.6 Å². The molecule has 0 saturated carbocycles. The Hall–Kier alpha value is -6.60. The maximum absolute atomic E-state index is 14.1. The standard InChI is InChI=1S/C54H67F3N8O9S.CH2O2/c1-34(37-10-12-38(13-11-37)47-36(3)61-33-75-47)62-50(68)45-29-43(66)32-65(45)52(69)48(53(4,5)6)58-14-17-70-20-21-72-22-23-73-24-25-74-51-46(64-15-18-71-19-16-64)27-40(30-60-51)44-28-42(31-59-35(44)2)63-49(67)39-8-7-9-41(26-39)54(55,56)57;2-1-3/h7-13,26-28,30-31,33-34,43,45,48,58,66H,14-25,29,32H2,1-6H3,(H,62,68)(H,63,67);1H,(H,2,3)/t34-,43+,45-,48-;/m0./s1. The van der Waals surface area contributed by atoms with Gasteiger partial charge in [-0.05, 0) is 67.6 Å². The summed E-state index contributed by atoms with van der Waals surface area (Å²) in [6.07, 6.45) is -2.16. The average Bonchev–Trinajstić information content (AvgIpc) is 4.05. The van der Waals surface area contributed by atoms with Crippen LogP contribution in [0.1, 0.15) is 73.0 Å². The molecule has 0 radical (unpaired) electrons. The summed E-state index contributed by atoms with van der Waals surface area (Å²) in [6.45, 7) is 16.1. The monoisotopic (exact) mass is 1110 g/mol. The number of halogens is 3. The lowest BCUT2D eigenvalue weighted by molar-refractivity contribution is -0.142. The van der Waals surface area contributed by atoms with E-state index in [4.69, 9.17) is 33.6 Å². The number of aliphatic hydroxyl groups is 1. The zero-order valence-electron chi connectivity index (χ0n) is 44.6. The van der Waals surface area contributed by atoms with E-state index in [1.54, 1.807) is 23.6 Å². The third-order valence-corrected chi connectivity index (χ3v) is 13.8. The van der Waals surface area contributed by atoms with E-state index < -0.39 is 41.2 Å². The molecule has 0 unspecified atom stereocenters. The number of carbonyl (C=O) groups is 4. The summed E-state index contributed by atoms with van der Waals surface area (Å²) in [6, 6.07) is 14.1. The predicted octanol–water partition coefficient (Wildman–Crippen LogP) is 6.96. The number of pyridine rings is 2. The van der Waals surface area contributed by atoms with E-state index in [0.29, 0.717) is 94.3 Å². The number of aryl methyl sites for hydroxylation is 2. The first-order valence-corrected chi connectivity index (χ1v) is 26.4. The Morgan fingerprint density at radius 2 is 1.54 bits per heavy atom. The van der Waals surface area contributed by atoms with Crippen LogP contribution in [0.2, 0.25) is 0 Å². The van der Waals surface area contributed by atoms with E-state index in [2.05, 4.69) is 35.8 Å². The maximum Gasteiger partial charge on any atom is 0.416 e. The zero-order chi connectivity index (χ0) is 56.4. The topological polar surface area (TPSA) is 236 Å². The largest absolute Gasteiger partial charge is 0.483 e. The number of hydrogen-bond acceptors (Lipinski definition) is 16. The van der Waals surface area contributed by atoms with Crippen LogP contribution < -0.4 is 25.6 Å². The fourth-order valence-corrected chi connectivity index (χ4v) is 9.62. The highest BCUT2D eigenvalue weighted by atomic mass is 32.1. The van der Waals surface area contributed by atoms with Gasteiger partial charge in [0.2, 0.25) is 17.7 Å². The first kappa shape index (κ1) is 60.6. The van der Waals surface area contributed by atoms with Crippen molar-refractivity contribution in [1.82, 2.24) is 30.5 Å². The zero-order valence-corrected chi connectivity index (χ0v) is 45.5. The highest BCUT2D eigenvalue weighted by Gasteiger charge is 2.44. The number of carbonyl (C=O) groups excluding carboxylic acids is 3. The molecule has 422 valence electrons. The van der Waals surface area contributed by atoms with Crippen molar-refractivity contribution in [1.29, 1.82) is 0 Å². The number of amides is 3. The fraction of sp³-hybridized carbons (Fsp3) is 0.473. The minimum absolute atomic E-state index is 0.0666. The van der Waals surface area contributed by atoms with Crippen molar-refractivity contribution in [3.63, 3.8) is 0 Å². The molecule has 2 fully saturated rings.